The maximum Gasteiger partial charge on any atom is 0.309 e. The molecule has 0 amide bonds. The van der Waals surface area contributed by atoms with E-state index in [1.54, 1.807) is 33.7 Å². The van der Waals surface area contributed by atoms with E-state index in [0.29, 0.717) is 11.4 Å². The van der Waals surface area contributed by atoms with Gasteiger partial charge >= 0.3 is 11.4 Å². The van der Waals surface area contributed by atoms with Crippen LogP contribution in [0.25, 0.3) is 11.1 Å². The Morgan fingerprint density at radius 3 is 1.61 bits per heavy atom. The van der Waals surface area contributed by atoms with E-state index in [1.807, 2.05) is 36.5 Å². The first-order valence-corrected chi connectivity index (χ1v) is 7.58. The lowest BCUT2D eigenvalue weighted by Crippen LogP contribution is -2.18. The van der Waals surface area contributed by atoms with Crippen molar-refractivity contribution in [1.82, 2.24) is 0 Å². The van der Waals surface area contributed by atoms with Gasteiger partial charge in [-0.1, -0.05) is 58.0 Å². The average Bonchev–Trinajstić information content (AvgIpc) is 2.45. The van der Waals surface area contributed by atoms with Gasteiger partial charge in [-0.05, 0) is 0 Å². The SMILES string of the molecule is [N-]=[N+]=C1C=CC=CC1SSC1C=CC=CC1=[N+]=[N-]. The summed E-state index contributed by atoms with van der Waals surface area (Å²) in [5.74, 6) is 0. The van der Waals surface area contributed by atoms with Crippen LogP contribution in [-0.2, 0) is 0 Å². The summed E-state index contributed by atoms with van der Waals surface area (Å²) in [6.07, 6.45) is 15.0. The predicted molar refractivity (Wildman–Crippen MR) is 76.6 cm³/mol. The van der Waals surface area contributed by atoms with Gasteiger partial charge in [-0.3, -0.25) is 0 Å². The summed E-state index contributed by atoms with van der Waals surface area (Å²) in [5.41, 5.74) is 19.0. The smallest absolute Gasteiger partial charge is 0.309 e. The monoisotopic (exact) mass is 274 g/mol. The molecule has 0 spiro atoms. The summed E-state index contributed by atoms with van der Waals surface area (Å²) in [7, 11) is 3.13. The number of nitrogens with zero attached hydrogens (tertiary/aromatic N) is 4. The molecule has 0 heterocycles. The first kappa shape index (κ1) is 12.9. The molecule has 4 nitrogen and oxygen atoms in total. The minimum atomic E-state index is 0.00393. The van der Waals surface area contributed by atoms with Gasteiger partial charge < -0.3 is 11.1 Å². The Balaban J connectivity index is 2.00. The largest absolute Gasteiger partial charge is 0.361 e. The van der Waals surface area contributed by atoms with Crippen molar-refractivity contribution in [3.8, 4) is 0 Å². The summed E-state index contributed by atoms with van der Waals surface area (Å²) in [5, 5.41) is 0.00787. The molecule has 0 saturated carbocycles. The van der Waals surface area contributed by atoms with E-state index in [0.717, 1.165) is 0 Å². The standard InChI is InChI=1S/C12H10N4S2/c13-15-9-5-1-3-7-11(9)17-18-12-8-4-2-6-10(12)16-14/h1-8,11-12H. The molecule has 90 valence electrons. The number of hydrogen-bond donors (Lipinski definition) is 0. The molecule has 2 aliphatic carbocycles. The predicted octanol–water partition coefficient (Wildman–Crippen LogP) is 2.70. The van der Waals surface area contributed by atoms with E-state index in [1.165, 1.54) is 0 Å². The molecule has 18 heavy (non-hydrogen) atoms. The van der Waals surface area contributed by atoms with E-state index in [2.05, 4.69) is 9.58 Å². The molecule has 0 saturated heterocycles. The van der Waals surface area contributed by atoms with Crippen LogP contribution in [0.5, 0.6) is 0 Å². The van der Waals surface area contributed by atoms with E-state index in [-0.39, 0.29) is 10.5 Å². The normalized spacial score (nSPS) is 25.1. The highest BCUT2D eigenvalue weighted by Crippen LogP contribution is 2.35. The first-order chi connectivity index (χ1) is 8.85. The average molecular weight is 274 g/mol. The zero-order valence-corrected chi connectivity index (χ0v) is 11.0. The third-order valence-electron chi connectivity index (χ3n) is 2.40. The lowest BCUT2D eigenvalue weighted by molar-refractivity contribution is -0.00546. The highest BCUT2D eigenvalue weighted by molar-refractivity contribution is 8.77. The Labute approximate surface area is 113 Å². The summed E-state index contributed by atoms with van der Waals surface area (Å²) in [6.45, 7) is 0. The van der Waals surface area contributed by atoms with Crippen molar-refractivity contribution < 1.29 is 9.58 Å². The van der Waals surface area contributed by atoms with Crippen LogP contribution in [0.15, 0.2) is 48.6 Å². The molecule has 0 fully saturated rings. The lowest BCUT2D eigenvalue weighted by atomic mass is 10.1. The van der Waals surface area contributed by atoms with E-state index in [9.17, 15) is 0 Å². The van der Waals surface area contributed by atoms with Crippen molar-refractivity contribution in [2.45, 2.75) is 10.5 Å². The van der Waals surface area contributed by atoms with Gasteiger partial charge in [0.05, 0.1) is 0 Å². The maximum absolute atomic E-state index is 8.89. The van der Waals surface area contributed by atoms with Gasteiger partial charge in [0, 0.05) is 12.2 Å². The van der Waals surface area contributed by atoms with E-state index in [4.69, 9.17) is 11.1 Å². The molecule has 0 aromatic rings. The molecule has 0 aromatic carbocycles. The molecule has 6 heteroatoms. The Kier molecular flexibility index (Phi) is 4.56. The van der Waals surface area contributed by atoms with Crippen molar-refractivity contribution in [3.05, 3.63) is 59.7 Å². The first-order valence-electron chi connectivity index (χ1n) is 5.31. The summed E-state index contributed by atoms with van der Waals surface area (Å²) < 4.78 is 0. The van der Waals surface area contributed by atoms with Crippen LogP contribution < -0.4 is 0 Å². The zero-order valence-electron chi connectivity index (χ0n) is 9.38. The van der Waals surface area contributed by atoms with Crippen molar-refractivity contribution in [3.63, 3.8) is 0 Å². The summed E-state index contributed by atoms with van der Waals surface area (Å²) >= 11 is 0. The fourth-order valence-electron chi connectivity index (χ4n) is 1.49. The van der Waals surface area contributed by atoms with Gasteiger partial charge in [-0.2, -0.15) is 9.58 Å². The van der Waals surface area contributed by atoms with Crippen LogP contribution in [-0.4, -0.2) is 31.5 Å². The zero-order chi connectivity index (χ0) is 12.8. The third kappa shape index (κ3) is 3.00. The van der Waals surface area contributed by atoms with Crippen LogP contribution in [0.1, 0.15) is 0 Å². The van der Waals surface area contributed by atoms with Crippen LogP contribution in [0, 0.1) is 0 Å². The second-order valence-electron chi connectivity index (χ2n) is 3.57. The van der Waals surface area contributed by atoms with Gasteiger partial charge in [0.15, 0.2) is 0 Å². The van der Waals surface area contributed by atoms with Gasteiger partial charge in [-0.25, -0.2) is 0 Å². The van der Waals surface area contributed by atoms with Gasteiger partial charge in [0.2, 0.25) is 0 Å². The van der Waals surface area contributed by atoms with Crippen molar-refractivity contribution in [1.29, 1.82) is 0 Å². The summed E-state index contributed by atoms with van der Waals surface area (Å²) in [4.78, 5) is 6.53. The topological polar surface area (TPSA) is 72.8 Å². The molecule has 0 radical (unpaired) electrons. The fourth-order valence-corrected chi connectivity index (χ4v) is 4.18. The highest BCUT2D eigenvalue weighted by atomic mass is 33.1. The fraction of sp³-hybridized carbons (Fsp3) is 0.167. The minimum absolute atomic E-state index is 0.00393. The van der Waals surface area contributed by atoms with Crippen molar-refractivity contribution in [2.24, 2.45) is 0 Å². The second-order valence-corrected chi connectivity index (χ2v) is 6.13. The van der Waals surface area contributed by atoms with Crippen LogP contribution in [0.4, 0.5) is 0 Å². The molecule has 0 N–H and O–H groups in total. The number of allylic oxidation sites excluding steroid dienone is 6. The van der Waals surface area contributed by atoms with Crippen LogP contribution in [0.2, 0.25) is 0 Å². The summed E-state index contributed by atoms with van der Waals surface area (Å²) in [6, 6.07) is 0. The molecule has 0 aromatic heterocycles. The number of hydrogen-bond acceptors (Lipinski definition) is 2. The Morgan fingerprint density at radius 1 is 0.778 bits per heavy atom. The number of rotatable bonds is 3. The highest BCUT2D eigenvalue weighted by Gasteiger charge is 2.26. The second kappa shape index (κ2) is 6.38. The van der Waals surface area contributed by atoms with Crippen molar-refractivity contribution in [2.75, 3.05) is 0 Å². The lowest BCUT2D eigenvalue weighted by Gasteiger charge is -2.11. The van der Waals surface area contributed by atoms with Crippen molar-refractivity contribution >= 4 is 33.0 Å². The molecule has 0 aliphatic heterocycles. The Morgan fingerprint density at radius 2 is 1.22 bits per heavy atom. The Hall–Kier alpha value is -1.58. The van der Waals surface area contributed by atoms with Gasteiger partial charge in [0.1, 0.15) is 10.5 Å². The minimum Gasteiger partial charge on any atom is -0.361 e. The third-order valence-corrected chi connectivity index (χ3v) is 5.31. The molecule has 0 bridgehead atoms. The molecule has 2 aliphatic rings. The molecular weight excluding hydrogens is 264 g/mol. The Bertz CT molecular complexity index is 496. The molecular formula is C12H10N4S2. The van der Waals surface area contributed by atoms with E-state index >= 15 is 0 Å². The van der Waals surface area contributed by atoms with Gasteiger partial charge in [-0.15, -0.1) is 0 Å². The van der Waals surface area contributed by atoms with Crippen LogP contribution >= 0.6 is 21.6 Å². The maximum atomic E-state index is 8.89. The molecule has 2 atom stereocenters. The van der Waals surface area contributed by atoms with Gasteiger partial charge in [0.25, 0.3) is 0 Å². The molecule has 2 rings (SSSR count). The molecule has 2 unspecified atom stereocenters. The van der Waals surface area contributed by atoms with Crippen LogP contribution in [0.3, 0.4) is 0 Å². The quantitative estimate of drug-likeness (QED) is 0.451. The van der Waals surface area contributed by atoms with E-state index < -0.39 is 0 Å².